The molecule has 1 saturated heterocycles. The molecule has 1 heterocycles. The van der Waals surface area contributed by atoms with Gasteiger partial charge in [0.2, 0.25) is 5.91 Å². The number of nitrogens with one attached hydrogen (secondary N) is 1. The smallest absolute Gasteiger partial charge is 0.236 e. The summed E-state index contributed by atoms with van der Waals surface area (Å²) in [5, 5.41) is 11.1. The molecule has 0 spiro atoms. The highest BCUT2D eigenvalue weighted by molar-refractivity contribution is 8.15. The molecule has 0 unspecified atom stereocenters. The highest BCUT2D eigenvalue weighted by atomic mass is 32.2. The molecule has 6 nitrogen and oxygen atoms in total. The molecule has 0 aliphatic carbocycles. The largest absolute Gasteiger partial charge is 0.493 e. The Hall–Kier alpha value is -2.80. The third kappa shape index (κ3) is 4.86. The van der Waals surface area contributed by atoms with Gasteiger partial charge in [-0.25, -0.2) is 0 Å². The van der Waals surface area contributed by atoms with Crippen LogP contribution in [0.4, 0.5) is 0 Å². The van der Waals surface area contributed by atoms with Crippen molar-refractivity contribution in [3.05, 3.63) is 59.2 Å². The molecular formula is C19H19N3O3S. The van der Waals surface area contributed by atoms with Crippen molar-refractivity contribution in [2.75, 3.05) is 12.9 Å². The molecule has 1 N–H and O–H groups in total. The van der Waals surface area contributed by atoms with Crippen LogP contribution in [0.3, 0.4) is 0 Å². The maximum absolute atomic E-state index is 11.1. The lowest BCUT2D eigenvalue weighted by Crippen LogP contribution is -2.19. The average molecular weight is 369 g/mol. The van der Waals surface area contributed by atoms with E-state index in [2.05, 4.69) is 34.6 Å². The van der Waals surface area contributed by atoms with Gasteiger partial charge in [0.1, 0.15) is 6.61 Å². The Morgan fingerprint density at radius 3 is 2.69 bits per heavy atom. The minimum Gasteiger partial charge on any atom is -0.493 e. The normalized spacial score (nSPS) is 15.5. The summed E-state index contributed by atoms with van der Waals surface area (Å²) in [7, 11) is 1.60. The topological polar surface area (TPSA) is 72.3 Å². The summed E-state index contributed by atoms with van der Waals surface area (Å²) < 4.78 is 11.3. The number of hydrogen-bond acceptors (Lipinski definition) is 6. The summed E-state index contributed by atoms with van der Waals surface area (Å²) in [5.41, 5.74) is 3.13. The van der Waals surface area contributed by atoms with Crippen LogP contribution < -0.4 is 14.8 Å². The van der Waals surface area contributed by atoms with Crippen molar-refractivity contribution in [1.82, 2.24) is 5.32 Å². The zero-order valence-electron chi connectivity index (χ0n) is 14.6. The van der Waals surface area contributed by atoms with Crippen LogP contribution in [0.5, 0.6) is 11.5 Å². The maximum Gasteiger partial charge on any atom is 0.236 e. The summed E-state index contributed by atoms with van der Waals surface area (Å²) >= 11 is 1.33. The van der Waals surface area contributed by atoms with Crippen LogP contribution in [0, 0.1) is 6.92 Å². The molecule has 0 bridgehead atoms. The van der Waals surface area contributed by atoms with Gasteiger partial charge in [0.05, 0.1) is 19.1 Å². The number of ether oxygens (including phenoxy) is 2. The second-order valence-corrected chi connectivity index (χ2v) is 6.64. The van der Waals surface area contributed by atoms with E-state index in [0.717, 1.165) is 11.1 Å². The number of amidine groups is 1. The molecule has 1 aliphatic heterocycles. The van der Waals surface area contributed by atoms with Gasteiger partial charge in [-0.15, -0.1) is 5.10 Å². The highest BCUT2D eigenvalue weighted by Crippen LogP contribution is 2.28. The summed E-state index contributed by atoms with van der Waals surface area (Å²) in [6.07, 6.45) is 1.60. The van der Waals surface area contributed by atoms with Gasteiger partial charge >= 0.3 is 0 Å². The zero-order valence-corrected chi connectivity index (χ0v) is 15.4. The number of rotatable bonds is 6. The standard InChI is InChI=1S/C19H19N3O3S/c1-13-3-5-14(6-4-13)11-25-16-8-7-15(9-17(16)24-2)10-20-22-19-21-18(23)12-26-19/h3-10H,11-12H2,1-2H3,(H,21,22,23)/b20-10-. The van der Waals surface area contributed by atoms with E-state index in [1.807, 2.05) is 30.3 Å². The summed E-state index contributed by atoms with van der Waals surface area (Å²) in [6, 6.07) is 13.7. The Labute approximate surface area is 156 Å². The van der Waals surface area contributed by atoms with Crippen molar-refractivity contribution in [3.8, 4) is 11.5 Å². The summed E-state index contributed by atoms with van der Waals surface area (Å²) in [5.74, 6) is 1.61. The van der Waals surface area contributed by atoms with Gasteiger partial charge in [0.25, 0.3) is 0 Å². The molecule has 26 heavy (non-hydrogen) atoms. The summed E-state index contributed by atoms with van der Waals surface area (Å²) in [4.78, 5) is 11.1. The molecule has 134 valence electrons. The number of hydrogen-bond donors (Lipinski definition) is 1. The van der Waals surface area contributed by atoms with Crippen LogP contribution in [-0.2, 0) is 11.4 Å². The Balaban J connectivity index is 1.65. The van der Waals surface area contributed by atoms with Crippen LogP contribution in [0.15, 0.2) is 52.7 Å². The molecule has 0 saturated carbocycles. The fourth-order valence-corrected chi connectivity index (χ4v) is 2.89. The van der Waals surface area contributed by atoms with Crippen molar-refractivity contribution >= 4 is 29.1 Å². The second kappa shape index (κ2) is 8.53. The van der Waals surface area contributed by atoms with E-state index in [-0.39, 0.29) is 5.91 Å². The zero-order chi connectivity index (χ0) is 18.4. The fourth-order valence-electron chi connectivity index (χ4n) is 2.26. The van der Waals surface area contributed by atoms with Crippen LogP contribution in [0.25, 0.3) is 0 Å². The number of methoxy groups -OCH3 is 1. The Morgan fingerprint density at radius 2 is 2.00 bits per heavy atom. The van der Waals surface area contributed by atoms with Gasteiger partial charge in [0, 0.05) is 0 Å². The number of benzene rings is 2. The molecule has 1 fully saturated rings. The molecule has 3 rings (SSSR count). The lowest BCUT2D eigenvalue weighted by molar-refractivity contribution is -0.116. The van der Waals surface area contributed by atoms with Gasteiger partial charge in [-0.05, 0) is 36.2 Å². The Bertz CT molecular complexity index is 848. The van der Waals surface area contributed by atoms with Crippen molar-refractivity contribution in [1.29, 1.82) is 0 Å². The van der Waals surface area contributed by atoms with Gasteiger partial charge in [0.15, 0.2) is 16.7 Å². The quantitative estimate of drug-likeness (QED) is 0.627. The van der Waals surface area contributed by atoms with E-state index in [4.69, 9.17) is 9.47 Å². The van der Waals surface area contributed by atoms with Crippen LogP contribution in [-0.4, -0.2) is 30.2 Å². The molecule has 2 aromatic carbocycles. The van der Waals surface area contributed by atoms with E-state index in [1.54, 1.807) is 13.3 Å². The Kier molecular flexibility index (Phi) is 5.91. The van der Waals surface area contributed by atoms with Gasteiger partial charge < -0.3 is 14.8 Å². The molecule has 1 aliphatic rings. The SMILES string of the molecule is COc1cc(/C=N\N=C2NC(=O)CS2)ccc1OCc1ccc(C)cc1. The van der Waals surface area contributed by atoms with E-state index in [0.29, 0.717) is 29.0 Å². The van der Waals surface area contributed by atoms with Crippen LogP contribution in [0.2, 0.25) is 0 Å². The van der Waals surface area contributed by atoms with Gasteiger partial charge in [-0.3, -0.25) is 4.79 Å². The highest BCUT2D eigenvalue weighted by Gasteiger charge is 2.15. The van der Waals surface area contributed by atoms with Crippen molar-refractivity contribution in [3.63, 3.8) is 0 Å². The number of nitrogens with zero attached hydrogens (tertiary/aromatic N) is 2. The second-order valence-electron chi connectivity index (χ2n) is 5.67. The molecule has 2 aromatic rings. The average Bonchev–Trinajstić information content (AvgIpc) is 3.07. The third-order valence-electron chi connectivity index (χ3n) is 3.64. The number of thioether (sulfide) groups is 1. The third-order valence-corrected chi connectivity index (χ3v) is 4.51. The Morgan fingerprint density at radius 1 is 1.19 bits per heavy atom. The molecule has 0 atom stereocenters. The molecular weight excluding hydrogens is 350 g/mol. The number of amides is 1. The number of carbonyl (C=O) groups excluding carboxylic acids is 1. The van der Waals surface area contributed by atoms with E-state index in [9.17, 15) is 4.79 Å². The molecule has 0 radical (unpaired) electrons. The van der Waals surface area contributed by atoms with E-state index >= 15 is 0 Å². The lowest BCUT2D eigenvalue weighted by atomic mass is 10.2. The monoisotopic (exact) mass is 369 g/mol. The van der Waals surface area contributed by atoms with Gasteiger partial charge in [-0.1, -0.05) is 41.6 Å². The minimum absolute atomic E-state index is 0.0549. The number of aryl methyl sites for hydroxylation is 1. The van der Waals surface area contributed by atoms with Gasteiger partial charge in [-0.2, -0.15) is 5.10 Å². The maximum atomic E-state index is 11.1. The fraction of sp³-hybridized carbons (Fsp3) is 0.211. The van der Waals surface area contributed by atoms with Crippen LogP contribution >= 0.6 is 11.8 Å². The summed E-state index contributed by atoms with van der Waals surface area (Å²) in [6.45, 7) is 2.52. The predicted octanol–water partition coefficient (Wildman–Crippen LogP) is 3.14. The first kappa shape index (κ1) is 18.0. The first-order valence-corrected chi connectivity index (χ1v) is 9.02. The first-order valence-electron chi connectivity index (χ1n) is 8.04. The predicted molar refractivity (Wildman–Crippen MR) is 104 cm³/mol. The number of carbonyl (C=O) groups is 1. The molecule has 7 heteroatoms. The van der Waals surface area contributed by atoms with Crippen LogP contribution in [0.1, 0.15) is 16.7 Å². The van der Waals surface area contributed by atoms with Crippen molar-refractivity contribution in [2.24, 2.45) is 10.2 Å². The molecule has 1 amide bonds. The first-order chi connectivity index (χ1) is 12.6. The van der Waals surface area contributed by atoms with Crippen molar-refractivity contribution < 1.29 is 14.3 Å². The molecule has 0 aromatic heterocycles. The minimum atomic E-state index is -0.0549. The van der Waals surface area contributed by atoms with Crippen molar-refractivity contribution in [2.45, 2.75) is 13.5 Å². The van der Waals surface area contributed by atoms with E-state index < -0.39 is 0 Å². The van der Waals surface area contributed by atoms with E-state index in [1.165, 1.54) is 17.3 Å². The lowest BCUT2D eigenvalue weighted by Gasteiger charge is -2.11.